The second-order valence-electron chi connectivity index (χ2n) is 5.81. The van der Waals surface area contributed by atoms with Gasteiger partial charge >= 0.3 is 12.0 Å². The van der Waals surface area contributed by atoms with Gasteiger partial charge in [-0.25, -0.2) is 4.79 Å². The molecule has 2 N–H and O–H groups in total. The first-order chi connectivity index (χ1) is 10.9. The molecule has 0 atom stereocenters. The molecule has 0 bridgehead atoms. The van der Waals surface area contributed by atoms with Gasteiger partial charge in [-0.2, -0.15) is 0 Å². The van der Waals surface area contributed by atoms with Crippen molar-refractivity contribution in [3.05, 3.63) is 23.2 Å². The van der Waals surface area contributed by atoms with Crippen molar-refractivity contribution in [1.29, 1.82) is 0 Å². The summed E-state index contributed by atoms with van der Waals surface area (Å²) in [4.78, 5) is 24.9. The van der Waals surface area contributed by atoms with E-state index in [2.05, 4.69) is 5.32 Å². The highest BCUT2D eigenvalue weighted by Gasteiger charge is 2.27. The van der Waals surface area contributed by atoms with E-state index in [0.29, 0.717) is 42.4 Å². The highest BCUT2D eigenvalue weighted by atomic mass is 35.5. The Bertz CT molecular complexity index is 583. The van der Waals surface area contributed by atoms with Crippen LogP contribution in [0.2, 0.25) is 5.02 Å². The number of para-hydroxylation sites is 1. The summed E-state index contributed by atoms with van der Waals surface area (Å²) in [5.74, 6) is -0.726. The molecule has 1 heterocycles. The lowest BCUT2D eigenvalue weighted by Crippen LogP contribution is -2.42. The number of nitrogens with one attached hydrogen (secondary N) is 1. The molecule has 1 aromatic carbocycles. The Labute approximate surface area is 140 Å². The van der Waals surface area contributed by atoms with Crippen LogP contribution >= 0.6 is 11.6 Å². The van der Waals surface area contributed by atoms with Gasteiger partial charge in [0.1, 0.15) is 0 Å². The Kier molecular flexibility index (Phi) is 5.71. The van der Waals surface area contributed by atoms with E-state index in [1.807, 2.05) is 13.8 Å². The Hall–Kier alpha value is -1.95. The molecule has 2 amide bonds. The molecular weight excluding hydrogens is 320 g/mol. The van der Waals surface area contributed by atoms with E-state index < -0.39 is 5.97 Å². The number of amides is 2. The van der Waals surface area contributed by atoms with E-state index in [9.17, 15) is 9.59 Å². The fourth-order valence-electron chi connectivity index (χ4n) is 2.49. The molecule has 1 saturated heterocycles. The number of hydrogen-bond acceptors (Lipinski definition) is 3. The number of hydrogen-bond donors (Lipinski definition) is 2. The summed E-state index contributed by atoms with van der Waals surface area (Å²) in [5, 5.41) is 12.2. The normalized spacial score (nSPS) is 15.6. The van der Waals surface area contributed by atoms with Crippen LogP contribution in [0.15, 0.2) is 18.2 Å². The minimum Gasteiger partial charge on any atom is -0.487 e. The van der Waals surface area contributed by atoms with Crippen LogP contribution in [0.5, 0.6) is 5.75 Å². The van der Waals surface area contributed by atoms with Gasteiger partial charge in [0.05, 0.1) is 22.7 Å². The number of carboxylic acids is 1. The molecule has 1 aliphatic heterocycles. The van der Waals surface area contributed by atoms with E-state index in [1.54, 1.807) is 23.1 Å². The summed E-state index contributed by atoms with van der Waals surface area (Å²) in [7, 11) is 0. The minimum absolute atomic E-state index is 0.0723. The number of ether oxygens (including phenoxy) is 1. The molecule has 7 heteroatoms. The highest BCUT2D eigenvalue weighted by Crippen LogP contribution is 2.34. The fraction of sp³-hybridized carbons (Fsp3) is 0.500. The maximum atomic E-state index is 12.4. The van der Waals surface area contributed by atoms with Crippen LogP contribution in [0.25, 0.3) is 0 Å². The van der Waals surface area contributed by atoms with Gasteiger partial charge in [-0.3, -0.25) is 4.79 Å². The molecule has 0 radical (unpaired) electrons. The van der Waals surface area contributed by atoms with Gasteiger partial charge in [0.15, 0.2) is 5.75 Å². The van der Waals surface area contributed by atoms with Crippen LogP contribution < -0.4 is 10.1 Å². The van der Waals surface area contributed by atoms with Crippen molar-refractivity contribution in [3.8, 4) is 5.75 Å². The quantitative estimate of drug-likeness (QED) is 0.879. The van der Waals surface area contributed by atoms with Gasteiger partial charge in [-0.1, -0.05) is 17.7 Å². The zero-order valence-electron chi connectivity index (χ0n) is 13.2. The van der Waals surface area contributed by atoms with Crippen LogP contribution in [-0.2, 0) is 4.79 Å². The topological polar surface area (TPSA) is 78.9 Å². The number of benzene rings is 1. The number of halogens is 1. The monoisotopic (exact) mass is 340 g/mol. The second-order valence-corrected chi connectivity index (χ2v) is 6.22. The minimum atomic E-state index is -0.799. The van der Waals surface area contributed by atoms with Gasteiger partial charge in [-0.15, -0.1) is 0 Å². The number of aliphatic carboxylic acids is 1. The van der Waals surface area contributed by atoms with Crippen molar-refractivity contribution in [1.82, 2.24) is 4.90 Å². The lowest BCUT2D eigenvalue weighted by molar-refractivity contribution is -0.143. The van der Waals surface area contributed by atoms with Gasteiger partial charge < -0.3 is 20.1 Å². The zero-order valence-corrected chi connectivity index (χ0v) is 14.0. The van der Waals surface area contributed by atoms with E-state index in [-0.39, 0.29) is 18.1 Å². The number of urea groups is 1. The van der Waals surface area contributed by atoms with Crippen LogP contribution in [0.4, 0.5) is 10.5 Å². The summed E-state index contributed by atoms with van der Waals surface area (Å²) in [5.41, 5.74) is 0.511. The van der Waals surface area contributed by atoms with Gasteiger partial charge in [0.2, 0.25) is 0 Å². The number of carbonyl (C=O) groups is 2. The van der Waals surface area contributed by atoms with E-state index in [1.165, 1.54) is 0 Å². The number of likely N-dealkylation sites (tertiary alicyclic amines) is 1. The van der Waals surface area contributed by atoms with Gasteiger partial charge in [0, 0.05) is 13.1 Å². The molecule has 126 valence electrons. The molecule has 1 fully saturated rings. The molecule has 23 heavy (non-hydrogen) atoms. The molecule has 1 aromatic rings. The number of piperidine rings is 1. The third-order valence-corrected chi connectivity index (χ3v) is 3.99. The van der Waals surface area contributed by atoms with Crippen molar-refractivity contribution >= 4 is 29.3 Å². The van der Waals surface area contributed by atoms with Crippen molar-refractivity contribution in [2.75, 3.05) is 18.4 Å². The smallest absolute Gasteiger partial charge is 0.321 e. The maximum Gasteiger partial charge on any atom is 0.321 e. The predicted octanol–water partition coefficient (Wildman–Crippen LogP) is 3.46. The Morgan fingerprint density at radius 1 is 1.35 bits per heavy atom. The molecule has 0 unspecified atom stereocenters. The van der Waals surface area contributed by atoms with Crippen LogP contribution in [0.3, 0.4) is 0 Å². The fourth-order valence-corrected chi connectivity index (χ4v) is 2.71. The standard InChI is InChI=1S/C16H21ClN2O4/c1-10(2)23-14-12(17)4-3-5-13(14)18-16(22)19-8-6-11(7-9-19)15(20)21/h3-5,10-11H,6-9H2,1-2H3,(H,18,22)(H,20,21). The highest BCUT2D eigenvalue weighted by molar-refractivity contribution is 6.32. The zero-order chi connectivity index (χ0) is 17.0. The Morgan fingerprint density at radius 3 is 2.57 bits per heavy atom. The van der Waals surface area contributed by atoms with E-state index in [4.69, 9.17) is 21.4 Å². The summed E-state index contributed by atoms with van der Waals surface area (Å²) >= 11 is 6.14. The van der Waals surface area contributed by atoms with E-state index >= 15 is 0 Å². The summed E-state index contributed by atoms with van der Waals surface area (Å²) in [6.45, 7) is 4.60. The first-order valence-corrected chi connectivity index (χ1v) is 8.00. The van der Waals surface area contributed by atoms with E-state index in [0.717, 1.165) is 0 Å². The number of carbonyl (C=O) groups excluding carboxylic acids is 1. The number of nitrogens with zero attached hydrogens (tertiary/aromatic N) is 1. The van der Waals surface area contributed by atoms with Gasteiger partial charge in [-0.05, 0) is 38.8 Å². The number of anilines is 1. The molecule has 0 aromatic heterocycles. The SMILES string of the molecule is CC(C)Oc1c(Cl)cccc1NC(=O)N1CCC(C(=O)O)CC1. The molecule has 2 rings (SSSR count). The van der Waals surface area contributed by atoms with Crippen molar-refractivity contribution in [3.63, 3.8) is 0 Å². The third kappa shape index (κ3) is 4.51. The van der Waals surface area contributed by atoms with Crippen LogP contribution in [0.1, 0.15) is 26.7 Å². The summed E-state index contributed by atoms with van der Waals surface area (Å²) in [6.07, 6.45) is 0.859. The molecular formula is C16H21ClN2O4. The average Bonchev–Trinajstić information content (AvgIpc) is 2.50. The Morgan fingerprint density at radius 2 is 2.00 bits per heavy atom. The lowest BCUT2D eigenvalue weighted by Gasteiger charge is -2.30. The van der Waals surface area contributed by atoms with Crippen molar-refractivity contribution in [2.45, 2.75) is 32.8 Å². The van der Waals surface area contributed by atoms with Crippen molar-refractivity contribution in [2.24, 2.45) is 5.92 Å². The largest absolute Gasteiger partial charge is 0.487 e. The van der Waals surface area contributed by atoms with Crippen LogP contribution in [-0.4, -0.2) is 41.2 Å². The summed E-state index contributed by atoms with van der Waals surface area (Å²) < 4.78 is 5.67. The molecule has 6 nitrogen and oxygen atoms in total. The average molecular weight is 341 g/mol. The molecule has 0 aliphatic carbocycles. The molecule has 0 saturated carbocycles. The first-order valence-electron chi connectivity index (χ1n) is 7.62. The predicted molar refractivity (Wildman–Crippen MR) is 88.2 cm³/mol. The second kappa shape index (κ2) is 7.55. The van der Waals surface area contributed by atoms with Crippen molar-refractivity contribution < 1.29 is 19.4 Å². The third-order valence-electron chi connectivity index (χ3n) is 3.69. The Balaban J connectivity index is 2.04. The lowest BCUT2D eigenvalue weighted by atomic mass is 9.97. The molecule has 1 aliphatic rings. The number of carboxylic acid groups (broad SMARTS) is 1. The number of rotatable bonds is 4. The molecule has 0 spiro atoms. The summed E-state index contributed by atoms with van der Waals surface area (Å²) in [6, 6.07) is 4.89. The van der Waals surface area contributed by atoms with Gasteiger partial charge in [0.25, 0.3) is 0 Å². The van der Waals surface area contributed by atoms with Crippen LogP contribution in [0, 0.1) is 5.92 Å². The first kappa shape index (κ1) is 17.4. The maximum absolute atomic E-state index is 12.4.